The molecule has 0 saturated heterocycles. The molecule has 0 aliphatic rings. The lowest BCUT2D eigenvalue weighted by molar-refractivity contribution is -0.114. The number of benzene rings is 2. The van der Waals surface area contributed by atoms with Crippen molar-refractivity contribution in [1.82, 2.24) is 10.1 Å². The summed E-state index contributed by atoms with van der Waals surface area (Å²) in [4.78, 5) is 28.0. The number of amides is 2. The topological polar surface area (TPSA) is 97.1 Å². The highest BCUT2D eigenvalue weighted by Gasteiger charge is 2.17. The van der Waals surface area contributed by atoms with Crippen LogP contribution in [0.4, 0.5) is 11.4 Å². The average molecular weight is 404 g/mol. The molecule has 0 spiro atoms. The van der Waals surface area contributed by atoms with E-state index in [1.807, 2.05) is 51.1 Å². The number of hydrogen-bond donors (Lipinski definition) is 2. The van der Waals surface area contributed by atoms with Gasteiger partial charge in [-0.3, -0.25) is 9.59 Å². The average Bonchev–Trinajstić information content (AvgIpc) is 3.19. The number of para-hydroxylation sites is 1. The molecule has 2 N–H and O–H groups in total. The summed E-state index contributed by atoms with van der Waals surface area (Å²) < 4.78 is 5.40. The Morgan fingerprint density at radius 3 is 2.43 bits per heavy atom. The van der Waals surface area contributed by atoms with Crippen LogP contribution in [0, 0.1) is 6.92 Å². The van der Waals surface area contributed by atoms with E-state index in [1.54, 1.807) is 18.2 Å². The van der Waals surface area contributed by atoms with Gasteiger partial charge in [0.15, 0.2) is 5.82 Å². The summed E-state index contributed by atoms with van der Waals surface area (Å²) >= 11 is 0. The molecule has 0 fully saturated rings. The molecule has 1 heterocycles. The van der Waals surface area contributed by atoms with Gasteiger partial charge in [-0.05, 0) is 42.3 Å². The number of carbonyl (C=O) groups is 2. The monoisotopic (exact) mass is 404 g/mol. The number of rotatable bonds is 6. The van der Waals surface area contributed by atoms with E-state index in [4.69, 9.17) is 4.52 Å². The molecule has 154 valence electrons. The highest BCUT2D eigenvalue weighted by atomic mass is 16.5. The van der Waals surface area contributed by atoms with Gasteiger partial charge < -0.3 is 15.2 Å². The predicted octanol–water partition coefficient (Wildman–Crippen LogP) is 4.78. The molecule has 2 aromatic carbocycles. The van der Waals surface area contributed by atoms with Gasteiger partial charge in [0.25, 0.3) is 5.89 Å². The molecular weight excluding hydrogens is 380 g/mol. The highest BCUT2D eigenvalue weighted by molar-refractivity contribution is 6.04. The maximum Gasteiger partial charge on any atom is 0.260 e. The normalized spacial score (nSPS) is 11.1. The van der Waals surface area contributed by atoms with Crippen molar-refractivity contribution in [3.8, 4) is 11.5 Å². The summed E-state index contributed by atoms with van der Waals surface area (Å²) in [5.74, 6) is 0.723. The van der Waals surface area contributed by atoms with Crippen molar-refractivity contribution >= 4 is 29.3 Å². The Hall–Kier alpha value is -3.74. The Labute approximate surface area is 175 Å². The SMILES string of the molecule is CC(=O)Nc1ccc(/C=C/C(=O)Nc2c(C)cccc2-c2nc(C(C)C)no2)cc1. The van der Waals surface area contributed by atoms with E-state index >= 15 is 0 Å². The van der Waals surface area contributed by atoms with Crippen LogP contribution in [-0.2, 0) is 9.59 Å². The molecular formula is C23H24N4O3. The first kappa shape index (κ1) is 21.0. The Balaban J connectivity index is 1.76. The van der Waals surface area contributed by atoms with Crippen molar-refractivity contribution in [1.29, 1.82) is 0 Å². The first-order valence-corrected chi connectivity index (χ1v) is 9.64. The third-order valence-corrected chi connectivity index (χ3v) is 4.37. The highest BCUT2D eigenvalue weighted by Crippen LogP contribution is 2.30. The summed E-state index contributed by atoms with van der Waals surface area (Å²) in [6.07, 6.45) is 3.16. The third kappa shape index (κ3) is 5.20. The van der Waals surface area contributed by atoms with Crippen molar-refractivity contribution in [2.75, 3.05) is 10.6 Å². The van der Waals surface area contributed by atoms with E-state index in [1.165, 1.54) is 13.0 Å². The van der Waals surface area contributed by atoms with Crippen LogP contribution < -0.4 is 10.6 Å². The van der Waals surface area contributed by atoms with Gasteiger partial charge in [-0.2, -0.15) is 4.98 Å². The predicted molar refractivity (Wildman–Crippen MR) is 117 cm³/mol. The van der Waals surface area contributed by atoms with E-state index in [0.717, 1.165) is 11.1 Å². The van der Waals surface area contributed by atoms with E-state index in [-0.39, 0.29) is 17.7 Å². The van der Waals surface area contributed by atoms with Gasteiger partial charge in [-0.1, -0.05) is 43.3 Å². The fourth-order valence-electron chi connectivity index (χ4n) is 2.81. The number of hydrogen-bond acceptors (Lipinski definition) is 5. The maximum absolute atomic E-state index is 12.5. The number of nitrogens with one attached hydrogen (secondary N) is 2. The van der Waals surface area contributed by atoms with Gasteiger partial charge in [-0.25, -0.2) is 0 Å². The first-order valence-electron chi connectivity index (χ1n) is 9.64. The second-order valence-electron chi connectivity index (χ2n) is 7.24. The summed E-state index contributed by atoms with van der Waals surface area (Å²) in [5.41, 5.74) is 3.73. The molecule has 7 nitrogen and oxygen atoms in total. The minimum Gasteiger partial charge on any atom is -0.334 e. The van der Waals surface area contributed by atoms with Crippen LogP contribution in [0.5, 0.6) is 0 Å². The zero-order valence-electron chi connectivity index (χ0n) is 17.4. The quantitative estimate of drug-likeness (QED) is 0.576. The molecule has 30 heavy (non-hydrogen) atoms. The van der Waals surface area contributed by atoms with Crippen LogP contribution >= 0.6 is 0 Å². The molecule has 0 aliphatic carbocycles. The zero-order chi connectivity index (χ0) is 21.7. The summed E-state index contributed by atoms with van der Waals surface area (Å²) in [5, 5.41) is 9.62. The van der Waals surface area contributed by atoms with Gasteiger partial charge >= 0.3 is 0 Å². The minimum absolute atomic E-state index is 0.131. The fraction of sp³-hybridized carbons (Fsp3) is 0.217. The largest absolute Gasteiger partial charge is 0.334 e. The fourth-order valence-corrected chi connectivity index (χ4v) is 2.81. The van der Waals surface area contributed by atoms with E-state index in [9.17, 15) is 9.59 Å². The van der Waals surface area contributed by atoms with Crippen LogP contribution in [-0.4, -0.2) is 22.0 Å². The van der Waals surface area contributed by atoms with Crippen molar-refractivity contribution < 1.29 is 14.1 Å². The Morgan fingerprint density at radius 2 is 1.80 bits per heavy atom. The molecule has 0 unspecified atom stereocenters. The molecule has 7 heteroatoms. The standard InChI is InChI=1S/C23H24N4O3/c1-14(2)22-26-23(30-27-22)19-7-5-6-15(3)21(19)25-20(29)13-10-17-8-11-18(12-9-17)24-16(4)28/h5-14H,1-4H3,(H,24,28)(H,25,29)/b13-10+. The summed E-state index contributed by atoms with van der Waals surface area (Å²) in [6.45, 7) is 7.33. The van der Waals surface area contributed by atoms with Crippen molar-refractivity contribution in [3.63, 3.8) is 0 Å². The van der Waals surface area contributed by atoms with Gasteiger partial charge in [0.05, 0.1) is 11.3 Å². The zero-order valence-corrected chi connectivity index (χ0v) is 17.4. The number of aromatic nitrogens is 2. The van der Waals surface area contributed by atoms with Crippen LogP contribution in [0.25, 0.3) is 17.5 Å². The molecule has 0 aliphatic heterocycles. The molecule has 3 rings (SSSR count). The molecule has 0 radical (unpaired) electrons. The van der Waals surface area contributed by atoms with Crippen LogP contribution in [0.2, 0.25) is 0 Å². The van der Waals surface area contributed by atoms with Gasteiger partial charge in [0.2, 0.25) is 11.8 Å². The van der Waals surface area contributed by atoms with Crippen LogP contribution in [0.15, 0.2) is 53.1 Å². The third-order valence-electron chi connectivity index (χ3n) is 4.37. The molecule has 0 saturated carbocycles. The van der Waals surface area contributed by atoms with Crippen LogP contribution in [0.1, 0.15) is 43.6 Å². The molecule has 0 atom stereocenters. The van der Waals surface area contributed by atoms with Crippen molar-refractivity contribution in [2.24, 2.45) is 0 Å². The van der Waals surface area contributed by atoms with Crippen molar-refractivity contribution in [2.45, 2.75) is 33.6 Å². The van der Waals surface area contributed by atoms with Crippen molar-refractivity contribution in [3.05, 3.63) is 65.5 Å². The molecule has 3 aromatic rings. The van der Waals surface area contributed by atoms with E-state index in [0.29, 0.717) is 28.7 Å². The lowest BCUT2D eigenvalue weighted by atomic mass is 10.1. The summed E-state index contributed by atoms with van der Waals surface area (Å²) in [7, 11) is 0. The molecule has 2 amide bonds. The number of anilines is 2. The smallest absolute Gasteiger partial charge is 0.260 e. The van der Waals surface area contributed by atoms with Gasteiger partial charge in [-0.15, -0.1) is 0 Å². The number of nitrogens with zero attached hydrogens (tertiary/aromatic N) is 2. The van der Waals surface area contributed by atoms with E-state index in [2.05, 4.69) is 20.8 Å². The van der Waals surface area contributed by atoms with Gasteiger partial charge in [0.1, 0.15) is 0 Å². The maximum atomic E-state index is 12.5. The molecule has 0 bridgehead atoms. The Kier molecular flexibility index (Phi) is 6.41. The minimum atomic E-state index is -0.278. The summed E-state index contributed by atoms with van der Waals surface area (Å²) in [6, 6.07) is 12.8. The second kappa shape index (κ2) is 9.17. The van der Waals surface area contributed by atoms with Gasteiger partial charge in [0, 0.05) is 24.6 Å². The van der Waals surface area contributed by atoms with E-state index < -0.39 is 0 Å². The Morgan fingerprint density at radius 1 is 1.07 bits per heavy atom. The second-order valence-corrected chi connectivity index (χ2v) is 7.24. The molecule has 1 aromatic heterocycles. The Bertz CT molecular complexity index is 1080. The number of aryl methyl sites for hydroxylation is 1. The first-order chi connectivity index (χ1) is 14.3. The lowest BCUT2D eigenvalue weighted by Gasteiger charge is -2.10. The van der Waals surface area contributed by atoms with Crippen LogP contribution in [0.3, 0.4) is 0 Å². The number of carbonyl (C=O) groups excluding carboxylic acids is 2. The lowest BCUT2D eigenvalue weighted by Crippen LogP contribution is -2.10.